The number of nitrogen functional groups attached to an aromatic ring is 1. The van der Waals surface area contributed by atoms with E-state index < -0.39 is 54.3 Å². The Hall–Kier alpha value is -5.78. The number of phosphoric acid groups is 3. The van der Waals surface area contributed by atoms with Crippen LogP contribution in [0.15, 0.2) is 76.3 Å². The number of hydrogen-bond acceptors (Lipinski definition) is 15. The molecule has 7 rings (SSSR count). The molecule has 60 heavy (non-hydrogen) atoms. The number of benzene rings is 3. The number of carbonyl (C=O) groups is 2. The van der Waals surface area contributed by atoms with Gasteiger partial charge in [0.1, 0.15) is 41.1 Å². The van der Waals surface area contributed by atoms with Crippen LogP contribution in [0.4, 0.5) is 5.82 Å². The number of fused-ring (bicyclic) bond motifs is 3. The molecule has 0 saturated carbocycles. The van der Waals surface area contributed by atoms with Crippen LogP contribution in [0.25, 0.3) is 44.5 Å². The van der Waals surface area contributed by atoms with Crippen LogP contribution in [-0.4, -0.2) is 75.5 Å². The van der Waals surface area contributed by atoms with Crippen LogP contribution in [-0.2, 0) is 31.6 Å². The van der Waals surface area contributed by atoms with E-state index in [0.29, 0.717) is 39.5 Å². The minimum atomic E-state index is -5.70. The first-order valence-corrected chi connectivity index (χ1v) is 21.7. The largest absolute Gasteiger partial charge is 0.508 e. The zero-order valence-electron chi connectivity index (χ0n) is 30.3. The zero-order chi connectivity index (χ0) is 43.1. The summed E-state index contributed by atoms with van der Waals surface area (Å²) in [5, 5.41) is 23.7. The molecule has 312 valence electrons. The van der Waals surface area contributed by atoms with Gasteiger partial charge in [0.15, 0.2) is 5.43 Å². The highest BCUT2D eigenvalue weighted by molar-refractivity contribution is 7.66. The number of carboxylic acid groups (broad SMARTS) is 1. The number of aromatic hydroxyl groups is 1. The fraction of sp³-hybridized carbons (Fsp3) is 0.171. The van der Waals surface area contributed by atoms with Crippen LogP contribution in [0.1, 0.15) is 45.3 Å². The molecule has 4 atom stereocenters. The van der Waals surface area contributed by atoms with Gasteiger partial charge in [0, 0.05) is 40.4 Å². The average Bonchev–Trinajstić information content (AvgIpc) is 3.78. The highest BCUT2D eigenvalue weighted by Crippen LogP contribution is 2.66. The van der Waals surface area contributed by atoms with E-state index >= 15 is 0 Å². The predicted octanol–water partition coefficient (Wildman–Crippen LogP) is 4.10. The summed E-state index contributed by atoms with van der Waals surface area (Å²) >= 11 is 0. The number of hydrogen-bond donors (Lipinski definition) is 8. The van der Waals surface area contributed by atoms with E-state index in [1.807, 2.05) is 0 Å². The third kappa shape index (κ3) is 9.32. The summed E-state index contributed by atoms with van der Waals surface area (Å²) < 4.78 is 60.2. The second kappa shape index (κ2) is 16.3. The van der Waals surface area contributed by atoms with Crippen molar-refractivity contribution in [1.29, 1.82) is 0 Å². The Bertz CT molecular complexity index is 2950. The Balaban J connectivity index is 1.06. The average molecular weight is 886 g/mol. The highest BCUT2D eigenvalue weighted by Gasteiger charge is 2.41. The number of amides is 1. The molecular weight excluding hydrogens is 855 g/mol. The van der Waals surface area contributed by atoms with E-state index in [-0.39, 0.29) is 58.0 Å². The van der Waals surface area contributed by atoms with Gasteiger partial charge in [-0.2, -0.15) is 8.62 Å². The molecule has 1 saturated heterocycles. The molecule has 1 aliphatic carbocycles. The Kier molecular flexibility index (Phi) is 11.5. The molecule has 2 aliphatic heterocycles. The molecule has 0 radical (unpaired) electrons. The summed E-state index contributed by atoms with van der Waals surface area (Å²) in [7, 11) is -16.6. The number of rotatable bonds is 12. The number of anilines is 1. The van der Waals surface area contributed by atoms with E-state index in [0.717, 1.165) is 0 Å². The predicted molar refractivity (Wildman–Crippen MR) is 207 cm³/mol. The number of carbonyl (C=O) groups excluding carboxylic acids is 1. The van der Waals surface area contributed by atoms with Crippen molar-refractivity contribution < 1.29 is 75.4 Å². The standard InChI is InChI=1S/C35H30N5O17P3/c36-32-30-19(15-40(33(30)39-17-38-32)29-10-6-22(54-29)16-53-59(49,50)57-60(51,52)56-58(46,47)48)2-1-11-37-34(43)18-3-7-23(26(12-18)35(44)45)31-24-8-4-20(41)13-27(24)55-28-14-21(42)5-9-25(28)31/h3-5,7-9,12-15,17,22,29,41H,6,10-11,16H2,(H,37,43)(H,44,45)(H,49,50)(H,51,52)(H2,36,38,39)(H2,46,47,48)/t22-,29+/m0/s1. The number of ether oxygens (including phenoxy) is 1. The number of aromatic nitrogens is 3. The molecule has 1 amide bonds. The summed E-state index contributed by atoms with van der Waals surface area (Å²) in [6, 6.07) is 12.5. The molecule has 9 N–H and O–H groups in total. The molecule has 4 heterocycles. The SMILES string of the molecule is Nc1ncnc2c1c(C#CCNC(=O)c1ccc(-c3c4ccc(=O)cc-4oc4cc(O)ccc34)c(C(=O)O)c1)cn2[C@H]1CC[C@@H](COP(=O)(O)OP(=O)(O)OP(=O)(O)O)O1. The van der Waals surface area contributed by atoms with Crippen molar-refractivity contribution in [2.75, 3.05) is 18.9 Å². The van der Waals surface area contributed by atoms with Gasteiger partial charge >= 0.3 is 29.4 Å². The Morgan fingerprint density at radius 3 is 2.48 bits per heavy atom. The van der Waals surface area contributed by atoms with E-state index in [2.05, 4.69) is 35.7 Å². The molecule has 25 heteroatoms. The number of phenols is 1. The number of carboxylic acids is 1. The third-order valence-corrected chi connectivity index (χ3v) is 12.7. The smallest absolute Gasteiger partial charge is 0.490 e. The third-order valence-electron chi connectivity index (χ3n) is 8.89. The number of nitrogens with one attached hydrogen (secondary N) is 1. The molecule has 2 unspecified atom stereocenters. The Morgan fingerprint density at radius 1 is 0.967 bits per heavy atom. The first kappa shape index (κ1) is 42.3. The van der Waals surface area contributed by atoms with Crippen molar-refractivity contribution in [3.8, 4) is 40.0 Å². The van der Waals surface area contributed by atoms with Gasteiger partial charge in [0.25, 0.3) is 5.91 Å². The maximum absolute atomic E-state index is 13.3. The topological polar surface area (TPSA) is 343 Å². The summed E-state index contributed by atoms with van der Waals surface area (Å²) in [5.74, 6) is 3.84. The van der Waals surface area contributed by atoms with Crippen LogP contribution in [0.5, 0.6) is 5.75 Å². The van der Waals surface area contributed by atoms with Crippen molar-refractivity contribution in [2.24, 2.45) is 0 Å². The zero-order valence-corrected chi connectivity index (χ0v) is 33.0. The number of phosphoric ester groups is 1. The lowest BCUT2D eigenvalue weighted by Gasteiger charge is -2.19. The molecule has 0 spiro atoms. The fourth-order valence-electron chi connectivity index (χ4n) is 6.51. The highest BCUT2D eigenvalue weighted by atomic mass is 31.3. The second-order valence-corrected chi connectivity index (χ2v) is 17.4. The van der Waals surface area contributed by atoms with Gasteiger partial charge in [-0.3, -0.25) is 14.1 Å². The first-order chi connectivity index (χ1) is 28.3. The van der Waals surface area contributed by atoms with Gasteiger partial charge < -0.3 is 54.6 Å². The minimum absolute atomic E-state index is 0.00166. The van der Waals surface area contributed by atoms with Crippen molar-refractivity contribution in [3.63, 3.8) is 0 Å². The number of nitrogens with zero attached hydrogens (tertiary/aromatic N) is 3. The van der Waals surface area contributed by atoms with Crippen LogP contribution in [0, 0.1) is 11.8 Å². The second-order valence-electron chi connectivity index (χ2n) is 12.9. The molecule has 0 bridgehead atoms. The van der Waals surface area contributed by atoms with E-state index in [4.69, 9.17) is 29.2 Å². The summed E-state index contributed by atoms with van der Waals surface area (Å²) in [4.78, 5) is 82.9. The maximum Gasteiger partial charge on any atom is 0.490 e. The molecular formula is C35H30N5O17P3. The van der Waals surface area contributed by atoms with Crippen molar-refractivity contribution in [1.82, 2.24) is 19.9 Å². The minimum Gasteiger partial charge on any atom is -0.508 e. The van der Waals surface area contributed by atoms with Gasteiger partial charge in [0.2, 0.25) is 0 Å². The molecule has 3 aliphatic rings. The van der Waals surface area contributed by atoms with Crippen molar-refractivity contribution >= 4 is 63.2 Å². The van der Waals surface area contributed by atoms with Gasteiger partial charge in [-0.1, -0.05) is 17.9 Å². The van der Waals surface area contributed by atoms with Crippen molar-refractivity contribution in [2.45, 2.75) is 25.2 Å². The summed E-state index contributed by atoms with van der Waals surface area (Å²) in [6.45, 7) is -0.854. The maximum atomic E-state index is 13.3. The van der Waals surface area contributed by atoms with Gasteiger partial charge in [-0.15, -0.1) is 0 Å². The number of phenolic OH excluding ortho intramolecular Hbond substituents is 1. The molecule has 1 fully saturated rings. The first-order valence-electron chi connectivity index (χ1n) is 17.2. The van der Waals surface area contributed by atoms with Crippen LogP contribution < -0.4 is 16.5 Å². The molecule has 4 aromatic rings. The van der Waals surface area contributed by atoms with Crippen molar-refractivity contribution in [3.05, 3.63) is 94.0 Å². The monoisotopic (exact) mass is 885 g/mol. The molecule has 2 aromatic heterocycles. The van der Waals surface area contributed by atoms with Crippen LogP contribution in [0.3, 0.4) is 0 Å². The quantitative estimate of drug-likeness (QED) is 0.0487. The van der Waals surface area contributed by atoms with Gasteiger partial charge in [-0.05, 0) is 54.8 Å². The van der Waals surface area contributed by atoms with Gasteiger partial charge in [-0.25, -0.2) is 28.5 Å². The van der Waals surface area contributed by atoms with E-state index in [1.54, 1.807) is 16.8 Å². The normalized spacial score (nSPS) is 17.5. The van der Waals surface area contributed by atoms with Gasteiger partial charge in [0.05, 0.1) is 35.8 Å². The molecule has 2 aromatic carbocycles. The molecule has 22 nitrogen and oxygen atoms in total. The lowest BCUT2D eigenvalue weighted by molar-refractivity contribution is -0.0202. The Labute approximate surface area is 335 Å². The fourth-order valence-corrected chi connectivity index (χ4v) is 9.56. The number of nitrogens with two attached hydrogens (primary N) is 1. The van der Waals surface area contributed by atoms with Crippen LogP contribution in [0.2, 0.25) is 0 Å². The van der Waals surface area contributed by atoms with Crippen LogP contribution >= 0.6 is 23.5 Å². The summed E-state index contributed by atoms with van der Waals surface area (Å²) in [5.41, 5.74) is 7.49. The number of aromatic carboxylic acids is 1. The lowest BCUT2D eigenvalue weighted by Crippen LogP contribution is -2.24. The summed E-state index contributed by atoms with van der Waals surface area (Å²) in [6.07, 6.45) is 1.67. The lowest BCUT2D eigenvalue weighted by atomic mass is 9.90. The van der Waals surface area contributed by atoms with E-state index in [1.165, 1.54) is 54.9 Å². The Morgan fingerprint density at radius 2 is 1.73 bits per heavy atom. The van der Waals surface area contributed by atoms with E-state index in [9.17, 15) is 48.1 Å².